The Bertz CT molecular complexity index is 407. The van der Waals surface area contributed by atoms with Crippen LogP contribution < -0.4 is 15.2 Å². The van der Waals surface area contributed by atoms with Gasteiger partial charge < -0.3 is 10.4 Å². The molecule has 0 unspecified atom stereocenters. The molecular weight excluding hydrogens is 222 g/mol. The van der Waals surface area contributed by atoms with Gasteiger partial charge in [-0.2, -0.15) is 4.57 Å². The van der Waals surface area contributed by atoms with Gasteiger partial charge in [0.15, 0.2) is 11.9 Å². The number of nitrogens with one attached hydrogen (secondary N) is 2. The first kappa shape index (κ1) is 13.0. The maximum Gasteiger partial charge on any atom is 0.321 e. The highest BCUT2D eigenvalue weighted by atomic mass is 16.3. The monoisotopic (exact) mass is 238 g/mol. The molecular formula is C11H16N3O3+. The van der Waals surface area contributed by atoms with Crippen molar-refractivity contribution in [2.45, 2.75) is 19.9 Å². The Morgan fingerprint density at radius 3 is 2.88 bits per heavy atom. The summed E-state index contributed by atoms with van der Waals surface area (Å²) in [5.74, 6) is -0.370. The van der Waals surface area contributed by atoms with Gasteiger partial charge in [-0.3, -0.25) is 10.1 Å². The lowest BCUT2D eigenvalue weighted by Gasteiger charge is -2.03. The first-order chi connectivity index (χ1) is 8.11. The lowest BCUT2D eigenvalue weighted by Crippen LogP contribution is -2.47. The number of hydrogen-bond acceptors (Lipinski definition) is 3. The summed E-state index contributed by atoms with van der Waals surface area (Å²) in [6.07, 6.45) is 3.84. The van der Waals surface area contributed by atoms with Gasteiger partial charge in [0.05, 0.1) is 0 Å². The van der Waals surface area contributed by atoms with Crippen molar-refractivity contribution in [1.82, 2.24) is 10.6 Å². The van der Waals surface area contributed by atoms with Gasteiger partial charge in [0.1, 0.15) is 0 Å². The summed E-state index contributed by atoms with van der Waals surface area (Å²) in [6.45, 7) is 2.43. The first-order valence-corrected chi connectivity index (χ1v) is 5.37. The van der Waals surface area contributed by atoms with Crippen molar-refractivity contribution < 1.29 is 19.3 Å². The van der Waals surface area contributed by atoms with Crippen LogP contribution in [0.4, 0.5) is 4.79 Å². The molecule has 0 aliphatic heterocycles. The summed E-state index contributed by atoms with van der Waals surface area (Å²) in [7, 11) is 0. The zero-order valence-electron chi connectivity index (χ0n) is 9.64. The van der Waals surface area contributed by atoms with Crippen LogP contribution in [-0.4, -0.2) is 23.6 Å². The molecule has 0 fully saturated rings. The maximum atomic E-state index is 11.4. The minimum absolute atomic E-state index is 0.0199. The van der Waals surface area contributed by atoms with Crippen LogP contribution in [0.2, 0.25) is 0 Å². The Hall–Kier alpha value is -2.11. The third kappa shape index (κ3) is 4.96. The third-order valence-electron chi connectivity index (χ3n) is 1.96. The van der Waals surface area contributed by atoms with Crippen LogP contribution in [-0.2, 0) is 11.3 Å². The maximum absolute atomic E-state index is 11.4. The number of urea groups is 1. The highest BCUT2D eigenvalue weighted by Crippen LogP contribution is 1.99. The van der Waals surface area contributed by atoms with Crippen molar-refractivity contribution >= 4 is 11.9 Å². The predicted octanol–water partition coefficient (Wildman–Crippen LogP) is -0.0845. The van der Waals surface area contributed by atoms with E-state index in [1.54, 1.807) is 12.3 Å². The fourth-order valence-corrected chi connectivity index (χ4v) is 1.22. The van der Waals surface area contributed by atoms with Gasteiger partial charge in [-0.1, -0.05) is 6.92 Å². The Kier molecular flexibility index (Phi) is 4.93. The van der Waals surface area contributed by atoms with Gasteiger partial charge in [0.25, 0.3) is 5.91 Å². The van der Waals surface area contributed by atoms with Crippen molar-refractivity contribution in [1.29, 1.82) is 0 Å². The summed E-state index contributed by atoms with van der Waals surface area (Å²) >= 11 is 0. The minimum Gasteiger partial charge on any atom is -0.503 e. The quantitative estimate of drug-likeness (QED) is 0.641. The lowest BCUT2D eigenvalue weighted by atomic mass is 10.4. The normalized spacial score (nSPS) is 9.71. The molecule has 0 saturated heterocycles. The molecule has 0 saturated carbocycles. The van der Waals surface area contributed by atoms with Crippen LogP contribution >= 0.6 is 0 Å². The minimum atomic E-state index is -0.502. The Balaban J connectivity index is 2.42. The predicted molar refractivity (Wildman–Crippen MR) is 60.1 cm³/mol. The molecule has 0 aromatic carbocycles. The van der Waals surface area contributed by atoms with Crippen LogP contribution in [0.1, 0.15) is 13.3 Å². The fourth-order valence-electron chi connectivity index (χ4n) is 1.22. The van der Waals surface area contributed by atoms with Crippen molar-refractivity contribution in [2.24, 2.45) is 0 Å². The Morgan fingerprint density at radius 1 is 1.47 bits per heavy atom. The van der Waals surface area contributed by atoms with Gasteiger partial charge in [0, 0.05) is 12.6 Å². The average molecular weight is 238 g/mol. The molecule has 0 aliphatic rings. The largest absolute Gasteiger partial charge is 0.503 e. The van der Waals surface area contributed by atoms with E-state index in [1.165, 1.54) is 16.8 Å². The number of amides is 3. The summed E-state index contributed by atoms with van der Waals surface area (Å²) in [5.41, 5.74) is 0. The highest BCUT2D eigenvalue weighted by Gasteiger charge is 2.12. The Labute approximate surface area is 99.3 Å². The molecule has 3 amide bonds. The molecule has 1 aromatic rings. The second-order valence-corrected chi connectivity index (χ2v) is 3.54. The van der Waals surface area contributed by atoms with Crippen molar-refractivity contribution in [2.75, 3.05) is 6.54 Å². The van der Waals surface area contributed by atoms with Gasteiger partial charge in [-0.25, -0.2) is 4.79 Å². The summed E-state index contributed by atoms with van der Waals surface area (Å²) < 4.78 is 1.48. The van der Waals surface area contributed by atoms with Crippen LogP contribution in [0.25, 0.3) is 0 Å². The molecule has 1 heterocycles. The zero-order chi connectivity index (χ0) is 12.7. The molecule has 1 rings (SSSR count). The summed E-state index contributed by atoms with van der Waals surface area (Å²) in [5, 5.41) is 13.9. The van der Waals surface area contributed by atoms with Crippen LogP contribution in [0, 0.1) is 0 Å². The highest BCUT2D eigenvalue weighted by molar-refractivity contribution is 5.93. The molecule has 3 N–H and O–H groups in total. The van der Waals surface area contributed by atoms with Crippen molar-refractivity contribution in [3.63, 3.8) is 0 Å². The SMILES string of the molecule is CCCNC(=O)NC(=O)C[n+]1cccc(O)c1. The molecule has 6 nitrogen and oxygen atoms in total. The van der Waals surface area contributed by atoms with Crippen LogP contribution in [0.3, 0.4) is 0 Å². The number of carbonyl (C=O) groups excluding carboxylic acids is 2. The van der Waals surface area contributed by atoms with E-state index < -0.39 is 11.9 Å². The van der Waals surface area contributed by atoms with E-state index in [9.17, 15) is 14.7 Å². The van der Waals surface area contributed by atoms with Gasteiger partial charge >= 0.3 is 6.03 Å². The second kappa shape index (κ2) is 6.47. The fraction of sp³-hybridized carbons (Fsp3) is 0.364. The number of aromatic hydroxyl groups is 1. The number of imide groups is 1. The average Bonchev–Trinajstić information content (AvgIpc) is 2.26. The standard InChI is InChI=1S/C11H15N3O3/c1-2-5-12-11(17)13-10(16)8-14-6-3-4-9(15)7-14/h3-4,6-7H,2,5,8H2,1H3,(H2-,12,13,15,16,17)/p+1. The van der Waals surface area contributed by atoms with Crippen LogP contribution in [0.5, 0.6) is 5.75 Å². The second-order valence-electron chi connectivity index (χ2n) is 3.54. The van der Waals surface area contributed by atoms with E-state index in [0.717, 1.165) is 6.42 Å². The first-order valence-electron chi connectivity index (χ1n) is 5.37. The zero-order valence-corrected chi connectivity index (χ0v) is 9.64. The number of rotatable bonds is 4. The van der Waals surface area contributed by atoms with E-state index in [-0.39, 0.29) is 12.3 Å². The number of aromatic nitrogens is 1. The summed E-state index contributed by atoms with van der Waals surface area (Å²) in [6, 6.07) is 2.61. The van der Waals surface area contributed by atoms with Crippen LogP contribution in [0.15, 0.2) is 24.5 Å². The number of pyridine rings is 1. The molecule has 17 heavy (non-hydrogen) atoms. The molecule has 1 aromatic heterocycles. The molecule has 0 radical (unpaired) electrons. The molecule has 0 atom stereocenters. The molecule has 0 bridgehead atoms. The van der Waals surface area contributed by atoms with Gasteiger partial charge in [-0.05, 0) is 12.5 Å². The topological polar surface area (TPSA) is 82.3 Å². The third-order valence-corrected chi connectivity index (χ3v) is 1.96. The Morgan fingerprint density at radius 2 is 2.24 bits per heavy atom. The molecule has 0 spiro atoms. The van der Waals surface area contributed by atoms with E-state index in [4.69, 9.17) is 0 Å². The number of nitrogens with zero attached hydrogens (tertiary/aromatic N) is 1. The molecule has 0 aliphatic carbocycles. The summed E-state index contributed by atoms with van der Waals surface area (Å²) in [4.78, 5) is 22.6. The van der Waals surface area contributed by atoms with Crippen molar-refractivity contribution in [3.05, 3.63) is 24.5 Å². The van der Waals surface area contributed by atoms with Gasteiger partial charge in [0.2, 0.25) is 12.7 Å². The lowest BCUT2D eigenvalue weighted by molar-refractivity contribution is -0.684. The van der Waals surface area contributed by atoms with Crippen molar-refractivity contribution in [3.8, 4) is 5.75 Å². The van der Waals surface area contributed by atoms with Gasteiger partial charge in [-0.15, -0.1) is 0 Å². The van der Waals surface area contributed by atoms with E-state index in [2.05, 4.69) is 10.6 Å². The number of carbonyl (C=O) groups is 2. The number of hydrogen-bond donors (Lipinski definition) is 3. The van der Waals surface area contributed by atoms with E-state index in [1.807, 2.05) is 6.92 Å². The smallest absolute Gasteiger partial charge is 0.321 e. The molecule has 92 valence electrons. The van der Waals surface area contributed by atoms with E-state index >= 15 is 0 Å². The molecule has 6 heteroatoms. The van der Waals surface area contributed by atoms with E-state index in [0.29, 0.717) is 6.54 Å².